The highest BCUT2D eigenvalue weighted by Crippen LogP contribution is 2.38. The van der Waals surface area contributed by atoms with E-state index in [-0.39, 0.29) is 29.1 Å². The SMILES string of the molecule is O=C1CCc2cc([N+](=O)[O-])c(N3CCC(C(=O)c4ccc(F)cc4)CC3)cc2N1. The Morgan fingerprint density at radius 2 is 1.83 bits per heavy atom. The van der Waals surface area contributed by atoms with Crippen molar-refractivity contribution < 1.29 is 18.9 Å². The Hall–Kier alpha value is -3.29. The molecule has 2 aliphatic rings. The maximum atomic E-state index is 13.1. The molecule has 0 radical (unpaired) electrons. The van der Waals surface area contributed by atoms with E-state index in [1.54, 1.807) is 12.1 Å². The van der Waals surface area contributed by atoms with Crippen molar-refractivity contribution in [1.82, 2.24) is 0 Å². The standard InChI is InChI=1S/C21H20FN3O4/c22-16-4-1-13(2-5-16)21(27)14-7-9-24(10-8-14)18-12-17-15(3-6-20(26)23-17)11-19(18)25(28)29/h1-2,4-5,11-12,14H,3,6-10H2,(H,23,26). The summed E-state index contributed by atoms with van der Waals surface area (Å²) in [7, 11) is 0. The summed E-state index contributed by atoms with van der Waals surface area (Å²) in [4.78, 5) is 37.4. The zero-order valence-corrected chi connectivity index (χ0v) is 15.7. The quantitative estimate of drug-likeness (QED) is 0.482. The highest BCUT2D eigenvalue weighted by Gasteiger charge is 2.30. The van der Waals surface area contributed by atoms with Crippen molar-refractivity contribution in [2.75, 3.05) is 23.3 Å². The summed E-state index contributed by atoms with van der Waals surface area (Å²) in [5.74, 6) is -0.714. The molecule has 8 heteroatoms. The van der Waals surface area contributed by atoms with Gasteiger partial charge in [-0.05, 0) is 55.2 Å². The van der Waals surface area contributed by atoms with E-state index in [2.05, 4.69) is 5.32 Å². The number of hydrogen-bond acceptors (Lipinski definition) is 5. The average molecular weight is 397 g/mol. The number of nitrogens with one attached hydrogen (secondary N) is 1. The molecule has 1 saturated heterocycles. The molecule has 0 aromatic heterocycles. The summed E-state index contributed by atoms with van der Waals surface area (Å²) in [6.45, 7) is 0.982. The van der Waals surface area contributed by atoms with Crippen LogP contribution >= 0.6 is 0 Å². The highest BCUT2D eigenvalue weighted by atomic mass is 19.1. The number of nitro groups is 1. The summed E-state index contributed by atoms with van der Waals surface area (Å²) >= 11 is 0. The van der Waals surface area contributed by atoms with Gasteiger partial charge in [-0.3, -0.25) is 19.7 Å². The number of rotatable bonds is 4. The Bertz CT molecular complexity index is 982. The smallest absolute Gasteiger partial charge is 0.292 e. The molecule has 29 heavy (non-hydrogen) atoms. The van der Waals surface area contributed by atoms with Crippen LogP contribution in [0.25, 0.3) is 0 Å². The fraction of sp³-hybridized carbons (Fsp3) is 0.333. The van der Waals surface area contributed by atoms with E-state index in [0.717, 1.165) is 5.56 Å². The predicted molar refractivity (Wildman–Crippen MR) is 106 cm³/mol. The first-order valence-electron chi connectivity index (χ1n) is 9.58. The minimum atomic E-state index is -0.401. The van der Waals surface area contributed by atoms with Crippen LogP contribution in [0, 0.1) is 21.8 Å². The zero-order valence-electron chi connectivity index (χ0n) is 15.7. The lowest BCUT2D eigenvalue weighted by molar-refractivity contribution is -0.384. The number of hydrogen-bond donors (Lipinski definition) is 1. The van der Waals surface area contributed by atoms with Gasteiger partial charge in [0.2, 0.25) is 5.91 Å². The maximum Gasteiger partial charge on any atom is 0.292 e. The summed E-state index contributed by atoms with van der Waals surface area (Å²) in [6.07, 6.45) is 1.91. The highest BCUT2D eigenvalue weighted by molar-refractivity contribution is 5.98. The van der Waals surface area contributed by atoms with Gasteiger partial charge < -0.3 is 10.2 Å². The van der Waals surface area contributed by atoms with Gasteiger partial charge in [-0.25, -0.2) is 4.39 Å². The van der Waals surface area contributed by atoms with Crippen LogP contribution in [-0.2, 0) is 11.2 Å². The predicted octanol–water partition coefficient (Wildman–Crippen LogP) is 3.72. The third-order valence-electron chi connectivity index (χ3n) is 5.63. The number of nitro benzene ring substituents is 1. The molecule has 2 heterocycles. The number of ketones is 1. The fourth-order valence-electron chi connectivity index (χ4n) is 4.04. The van der Waals surface area contributed by atoms with Crippen molar-refractivity contribution in [2.45, 2.75) is 25.7 Å². The van der Waals surface area contributed by atoms with Gasteiger partial charge in [-0.1, -0.05) is 0 Å². The lowest BCUT2D eigenvalue weighted by Gasteiger charge is -2.33. The van der Waals surface area contributed by atoms with Crippen LogP contribution in [0.2, 0.25) is 0 Å². The number of amides is 1. The molecule has 1 amide bonds. The molecule has 0 atom stereocenters. The minimum absolute atomic E-state index is 0.0169. The van der Waals surface area contributed by atoms with Crippen molar-refractivity contribution in [1.29, 1.82) is 0 Å². The van der Waals surface area contributed by atoms with Gasteiger partial charge in [0.25, 0.3) is 5.69 Å². The Morgan fingerprint density at radius 3 is 2.48 bits per heavy atom. The number of piperidine rings is 1. The molecule has 150 valence electrons. The third-order valence-corrected chi connectivity index (χ3v) is 5.63. The van der Waals surface area contributed by atoms with E-state index in [1.165, 1.54) is 24.3 Å². The zero-order chi connectivity index (χ0) is 20.5. The van der Waals surface area contributed by atoms with Crippen molar-refractivity contribution in [3.05, 3.63) is 63.5 Å². The molecule has 2 aromatic carbocycles. The van der Waals surface area contributed by atoms with E-state index in [4.69, 9.17) is 0 Å². The number of benzene rings is 2. The van der Waals surface area contributed by atoms with Crippen molar-refractivity contribution >= 4 is 28.8 Å². The molecule has 0 aliphatic carbocycles. The lowest BCUT2D eigenvalue weighted by Crippen LogP contribution is -2.37. The van der Waals surface area contributed by atoms with Gasteiger partial charge in [0.1, 0.15) is 11.5 Å². The number of halogens is 1. The number of nitrogens with zero attached hydrogens (tertiary/aromatic N) is 2. The van der Waals surface area contributed by atoms with Crippen LogP contribution in [0.5, 0.6) is 0 Å². The van der Waals surface area contributed by atoms with Crippen LogP contribution in [-0.4, -0.2) is 29.7 Å². The van der Waals surface area contributed by atoms with E-state index in [1.807, 2.05) is 4.90 Å². The summed E-state index contributed by atoms with van der Waals surface area (Å²) in [6, 6.07) is 8.73. The summed E-state index contributed by atoms with van der Waals surface area (Å²) in [5.41, 5.74) is 2.34. The van der Waals surface area contributed by atoms with Crippen LogP contribution in [0.3, 0.4) is 0 Å². The molecule has 0 spiro atoms. The van der Waals surface area contributed by atoms with Gasteiger partial charge in [-0.2, -0.15) is 0 Å². The molecular weight excluding hydrogens is 377 g/mol. The Morgan fingerprint density at radius 1 is 1.14 bits per heavy atom. The van der Waals surface area contributed by atoms with E-state index < -0.39 is 4.92 Å². The maximum absolute atomic E-state index is 13.1. The van der Waals surface area contributed by atoms with Gasteiger partial charge >= 0.3 is 0 Å². The minimum Gasteiger partial charge on any atom is -0.366 e. The monoisotopic (exact) mass is 397 g/mol. The lowest BCUT2D eigenvalue weighted by atomic mass is 9.88. The molecule has 1 N–H and O–H groups in total. The number of carbonyl (C=O) groups excluding carboxylic acids is 2. The number of anilines is 2. The second kappa shape index (κ2) is 7.62. The topological polar surface area (TPSA) is 92.5 Å². The first-order valence-corrected chi connectivity index (χ1v) is 9.58. The van der Waals surface area contributed by atoms with Crippen LogP contribution < -0.4 is 10.2 Å². The van der Waals surface area contributed by atoms with E-state index in [0.29, 0.717) is 55.7 Å². The molecule has 1 fully saturated rings. The Labute approximate surface area is 166 Å². The Kier molecular flexibility index (Phi) is 5.00. The molecule has 0 saturated carbocycles. The van der Waals surface area contributed by atoms with Crippen molar-refractivity contribution in [3.63, 3.8) is 0 Å². The molecule has 0 bridgehead atoms. The number of carbonyl (C=O) groups is 2. The van der Waals surface area contributed by atoms with Crippen molar-refractivity contribution in [2.24, 2.45) is 5.92 Å². The van der Waals surface area contributed by atoms with Crippen LogP contribution in [0.4, 0.5) is 21.5 Å². The first kappa shape index (κ1) is 19.0. The largest absolute Gasteiger partial charge is 0.366 e. The van der Waals surface area contributed by atoms with E-state index >= 15 is 0 Å². The summed E-state index contributed by atoms with van der Waals surface area (Å²) in [5, 5.41) is 14.4. The second-order valence-electron chi connectivity index (χ2n) is 7.44. The Balaban J connectivity index is 1.52. The molecule has 4 rings (SSSR count). The van der Waals surface area contributed by atoms with Crippen LogP contribution in [0.15, 0.2) is 36.4 Å². The van der Waals surface area contributed by atoms with Gasteiger partial charge in [0.05, 0.1) is 4.92 Å². The summed E-state index contributed by atoms with van der Waals surface area (Å²) < 4.78 is 13.1. The van der Waals surface area contributed by atoms with Crippen LogP contribution in [0.1, 0.15) is 35.2 Å². The number of aryl methyl sites for hydroxylation is 1. The van der Waals surface area contributed by atoms with Crippen molar-refractivity contribution in [3.8, 4) is 0 Å². The molecule has 0 unspecified atom stereocenters. The molecule has 2 aliphatic heterocycles. The normalized spacial score (nSPS) is 16.9. The average Bonchev–Trinajstić information content (AvgIpc) is 2.73. The molecule has 2 aromatic rings. The third kappa shape index (κ3) is 3.83. The first-order chi connectivity index (χ1) is 13.9. The fourth-order valence-corrected chi connectivity index (χ4v) is 4.04. The van der Waals surface area contributed by atoms with Gasteiger partial charge in [0.15, 0.2) is 5.78 Å². The second-order valence-corrected chi connectivity index (χ2v) is 7.44. The van der Waals surface area contributed by atoms with Gasteiger partial charge in [0, 0.05) is 42.7 Å². The van der Waals surface area contributed by atoms with Gasteiger partial charge in [-0.15, -0.1) is 0 Å². The number of Topliss-reactive ketones (excluding diaryl/α,β-unsaturated/α-hetero) is 1. The van der Waals surface area contributed by atoms with E-state index in [9.17, 15) is 24.1 Å². The molecule has 7 nitrogen and oxygen atoms in total. The number of fused-ring (bicyclic) bond motifs is 1. The molecular formula is C21H20FN3O4.